The summed E-state index contributed by atoms with van der Waals surface area (Å²) in [5.74, 6) is 7.55. The summed E-state index contributed by atoms with van der Waals surface area (Å²) < 4.78 is 38.9. The van der Waals surface area contributed by atoms with Crippen LogP contribution in [0.25, 0.3) is 10.2 Å². The first-order valence-electron chi connectivity index (χ1n) is 28.4. The Kier molecular flexibility index (Phi) is 20.3. The van der Waals surface area contributed by atoms with E-state index in [9.17, 15) is 38.7 Å². The number of aromatic nitrogens is 2. The summed E-state index contributed by atoms with van der Waals surface area (Å²) in [5, 5.41) is 20.0. The van der Waals surface area contributed by atoms with Gasteiger partial charge in [0.15, 0.2) is 27.5 Å². The van der Waals surface area contributed by atoms with Crippen molar-refractivity contribution in [2.24, 2.45) is 15.9 Å². The van der Waals surface area contributed by atoms with Crippen molar-refractivity contribution in [3.05, 3.63) is 129 Å². The minimum absolute atomic E-state index is 0.0193. The number of anilines is 2. The number of nitrogens with one attached hydrogen (secondary N) is 2. The molecule has 0 saturated carbocycles. The molecule has 0 radical (unpaired) electrons. The zero-order chi connectivity index (χ0) is 60.8. The van der Waals surface area contributed by atoms with Gasteiger partial charge in [-0.2, -0.15) is 5.10 Å². The highest BCUT2D eigenvalue weighted by molar-refractivity contribution is 7.22. The molecule has 5 N–H and O–H groups in total. The molecule has 10 rings (SSSR count). The quantitative estimate of drug-likeness (QED) is 0.0136. The number of ether oxygens (including phenoxy) is 4. The van der Waals surface area contributed by atoms with E-state index in [1.165, 1.54) is 47.1 Å². The molecule has 2 aromatic heterocycles. The van der Waals surface area contributed by atoms with Crippen molar-refractivity contribution < 1.29 is 62.0 Å². The number of carbonyl (C=O) groups excluding carboxylic acids is 6. The van der Waals surface area contributed by atoms with Crippen LogP contribution in [0.15, 0.2) is 89.0 Å². The predicted octanol–water partition coefficient (Wildman–Crippen LogP) is 5.59. The Morgan fingerprint density at radius 3 is 2.47 bits per heavy atom. The van der Waals surface area contributed by atoms with Crippen LogP contribution >= 0.6 is 22.7 Å². The average Bonchev–Trinajstić information content (AvgIpc) is 1.75. The van der Waals surface area contributed by atoms with Gasteiger partial charge in [0.25, 0.3) is 17.7 Å². The van der Waals surface area contributed by atoms with E-state index in [1.807, 2.05) is 46.2 Å². The first-order chi connectivity index (χ1) is 42.3. The predicted molar refractivity (Wildman–Crippen MR) is 322 cm³/mol. The molecule has 23 nitrogen and oxygen atoms in total. The number of piperazine rings is 1. The van der Waals surface area contributed by atoms with Gasteiger partial charge in [-0.25, -0.2) is 19.2 Å². The van der Waals surface area contributed by atoms with Crippen molar-refractivity contribution in [3.63, 3.8) is 0 Å². The standard InChI is InChI=1S/C61H62FN11O12S2/c62-44-34-38(17-19-47(44)84-29-7-15-50-54(59(80)81)67-61(87-50)72-24-21-39-9-3-10-41(43(39)36-72)55(76)68-60-65-45-12-1-2-14-49(45)86-60)8-6-23-70-25-27-71(28-26-70)52(75)16-5-22-64-35-40(69-63)37-83-31-30-82-32-33-85-48-13-4-11-42-53(48)58(79)73(57(42)78)46-18-20-51(74)66-56(46)77/h1-4,9-14,17,19,34-35,46H,5,7,15-16,18,20-33,36-37,63H2,(H,80,81)(H,65,68,76)(H,66,74,77). The van der Waals surface area contributed by atoms with Gasteiger partial charge in [-0.3, -0.25) is 54.2 Å². The number of hydrogen-bond donors (Lipinski definition) is 4. The van der Waals surface area contributed by atoms with Crippen LogP contribution < -0.4 is 30.8 Å². The van der Waals surface area contributed by atoms with Crippen LogP contribution in [0.1, 0.15) is 95.2 Å². The van der Waals surface area contributed by atoms with Crippen molar-refractivity contribution in [1.29, 1.82) is 0 Å². The van der Waals surface area contributed by atoms with Gasteiger partial charge in [0.2, 0.25) is 17.7 Å². The lowest BCUT2D eigenvalue weighted by atomic mass is 9.94. The van der Waals surface area contributed by atoms with Crippen molar-refractivity contribution in [3.8, 4) is 23.3 Å². The summed E-state index contributed by atoms with van der Waals surface area (Å²) in [6.45, 7) is 5.06. The van der Waals surface area contributed by atoms with Gasteiger partial charge in [0.05, 0.1) is 60.9 Å². The molecule has 0 aliphatic carbocycles. The molecule has 4 aliphatic rings. The van der Waals surface area contributed by atoms with E-state index in [1.54, 1.807) is 24.3 Å². The number of halogens is 1. The summed E-state index contributed by atoms with van der Waals surface area (Å²) in [6.07, 6.45) is 3.85. The molecule has 0 bridgehead atoms. The number of piperidine rings is 1. The van der Waals surface area contributed by atoms with Gasteiger partial charge in [-0.1, -0.05) is 53.5 Å². The summed E-state index contributed by atoms with van der Waals surface area (Å²) in [6, 6.07) is 21.4. The lowest BCUT2D eigenvalue weighted by Gasteiger charge is -2.33. The minimum Gasteiger partial charge on any atom is -0.491 e. The first kappa shape index (κ1) is 61.1. The van der Waals surface area contributed by atoms with E-state index in [0.717, 1.165) is 26.2 Å². The fourth-order valence-corrected chi connectivity index (χ4v) is 12.3. The highest BCUT2D eigenvalue weighted by atomic mass is 32.1. The largest absolute Gasteiger partial charge is 0.491 e. The van der Waals surface area contributed by atoms with E-state index in [4.69, 9.17) is 24.8 Å². The number of carboxylic acid groups (broad SMARTS) is 1. The van der Waals surface area contributed by atoms with E-state index < -0.39 is 41.5 Å². The zero-order valence-corrected chi connectivity index (χ0v) is 48.9. The van der Waals surface area contributed by atoms with E-state index in [0.29, 0.717) is 116 Å². The molecule has 0 spiro atoms. The first-order valence-corrected chi connectivity index (χ1v) is 30.0. The molecule has 2 saturated heterocycles. The molecule has 4 aliphatic heterocycles. The number of para-hydroxylation sites is 1. The summed E-state index contributed by atoms with van der Waals surface area (Å²) in [7, 11) is 0. The topological polar surface area (TPSA) is 290 Å². The van der Waals surface area contributed by atoms with Crippen LogP contribution in [0.2, 0.25) is 0 Å². The molecule has 87 heavy (non-hydrogen) atoms. The van der Waals surface area contributed by atoms with Gasteiger partial charge in [0, 0.05) is 80.9 Å². The monoisotopic (exact) mass is 1220 g/mol. The molecule has 4 aromatic carbocycles. The summed E-state index contributed by atoms with van der Waals surface area (Å²) in [5.41, 5.74) is 4.27. The third kappa shape index (κ3) is 15.2. The Morgan fingerprint density at radius 2 is 1.67 bits per heavy atom. The Labute approximate surface area is 507 Å². The van der Waals surface area contributed by atoms with Crippen LogP contribution in [0.5, 0.6) is 11.5 Å². The fourth-order valence-electron chi connectivity index (χ4n) is 10.3. The van der Waals surface area contributed by atoms with Crippen molar-refractivity contribution >= 4 is 96.5 Å². The van der Waals surface area contributed by atoms with Crippen LogP contribution in [-0.2, 0) is 43.2 Å². The summed E-state index contributed by atoms with van der Waals surface area (Å²) >= 11 is 2.70. The number of carbonyl (C=O) groups is 7. The number of imide groups is 2. The maximum atomic E-state index is 15.2. The number of nitrogens with zero attached hydrogens (tertiary/aromatic N) is 8. The number of aromatic carboxylic acids is 1. The molecule has 1 unspecified atom stereocenters. The number of nitrogens with two attached hydrogens (primary N) is 1. The Bertz CT molecular complexity index is 3690. The van der Waals surface area contributed by atoms with Crippen LogP contribution in [0, 0.1) is 17.7 Å². The highest BCUT2D eigenvalue weighted by Crippen LogP contribution is 2.36. The van der Waals surface area contributed by atoms with Crippen molar-refractivity contribution in [2.45, 2.75) is 57.5 Å². The fraction of sp³-hybridized carbons (Fsp3) is 0.361. The Morgan fingerprint density at radius 1 is 0.862 bits per heavy atom. The molecule has 6 amide bonds. The number of aliphatic imine (C=N–C) groups is 1. The second-order valence-corrected chi connectivity index (χ2v) is 22.7. The molecule has 6 aromatic rings. The maximum absolute atomic E-state index is 15.2. The Hall–Kier alpha value is -9.00. The third-order valence-electron chi connectivity index (χ3n) is 14.8. The average molecular weight is 1220 g/mol. The second-order valence-electron chi connectivity index (χ2n) is 20.6. The van der Waals surface area contributed by atoms with E-state index in [2.05, 4.69) is 47.4 Å². The van der Waals surface area contributed by atoms with Crippen molar-refractivity contribution in [1.82, 2.24) is 30.0 Å². The normalized spacial score (nSPS) is 16.2. The maximum Gasteiger partial charge on any atom is 0.355 e. The van der Waals surface area contributed by atoms with Crippen LogP contribution in [0.4, 0.5) is 14.7 Å². The zero-order valence-electron chi connectivity index (χ0n) is 47.3. The lowest BCUT2D eigenvalue weighted by molar-refractivity contribution is -0.136. The van der Waals surface area contributed by atoms with Crippen LogP contribution in [-0.4, -0.2) is 175 Å². The summed E-state index contributed by atoms with van der Waals surface area (Å²) in [4.78, 5) is 110. The molecule has 1 atom stereocenters. The SMILES string of the molecule is NN=C(C=NCCCC(=O)N1CCN(CC#Cc2ccc(OCCCc3sc(N4CCc5cccc(C(=O)Nc6nc7ccccc7s6)c5C4)nc3C(=O)O)c(F)c2)CC1)COCCOCCOc1cccc2c1C(=O)N(C1CCC(=O)NC1=O)C2=O. The number of benzene rings is 4. The number of hydrogen-bond acceptors (Lipinski definition) is 20. The van der Waals surface area contributed by atoms with E-state index >= 15 is 4.39 Å². The molecule has 6 heterocycles. The van der Waals surface area contributed by atoms with E-state index in [-0.39, 0.29) is 92.6 Å². The second kappa shape index (κ2) is 28.9. The molecule has 2 fully saturated rings. The van der Waals surface area contributed by atoms with Gasteiger partial charge in [-0.05, 0) is 91.8 Å². The molecule has 26 heteroatoms. The number of hydrazone groups is 1. The number of amides is 6. The van der Waals surface area contributed by atoms with Crippen molar-refractivity contribution in [2.75, 3.05) is 95.7 Å². The smallest absolute Gasteiger partial charge is 0.355 e. The number of thiazole rings is 2. The third-order valence-corrected chi connectivity index (χ3v) is 16.9. The molecule has 452 valence electrons. The lowest BCUT2D eigenvalue weighted by Crippen LogP contribution is -2.54. The molecular formula is C61H62FN11O12S2. The number of aryl methyl sites for hydroxylation is 1. The number of carboxylic acids is 1. The number of rotatable bonds is 25. The van der Waals surface area contributed by atoms with Gasteiger partial charge >= 0.3 is 5.97 Å². The van der Waals surface area contributed by atoms with Crippen LogP contribution in [0.3, 0.4) is 0 Å². The van der Waals surface area contributed by atoms with Gasteiger partial charge < -0.3 is 39.7 Å². The Balaban J connectivity index is 0.577. The van der Waals surface area contributed by atoms with Gasteiger partial charge in [-0.15, -0.1) is 11.3 Å². The highest BCUT2D eigenvalue weighted by Gasteiger charge is 2.46. The van der Waals surface area contributed by atoms with Gasteiger partial charge in [0.1, 0.15) is 24.1 Å². The molecular weight excluding hydrogens is 1160 g/mol. The number of fused-ring (bicyclic) bond motifs is 3. The minimum atomic E-state index is -1.14.